The first-order valence-electron chi connectivity index (χ1n) is 10.6. The molecule has 0 bridgehead atoms. The molecule has 1 N–H and O–H groups in total. The van der Waals surface area contributed by atoms with E-state index in [1.807, 2.05) is 29.2 Å². The van der Waals surface area contributed by atoms with Crippen LogP contribution in [-0.2, 0) is 6.54 Å². The van der Waals surface area contributed by atoms with Gasteiger partial charge in [-0.3, -0.25) is 0 Å². The number of urea groups is 1. The lowest BCUT2D eigenvalue weighted by molar-refractivity contribution is 0.163. The fourth-order valence-corrected chi connectivity index (χ4v) is 4.27. The molecule has 1 atom stereocenters. The number of rotatable bonds is 6. The lowest BCUT2D eigenvalue weighted by atomic mass is 9.99. The zero-order valence-corrected chi connectivity index (χ0v) is 17.1. The molecule has 0 radical (unpaired) electrons. The molecule has 3 heterocycles. The van der Waals surface area contributed by atoms with Crippen molar-refractivity contribution in [2.45, 2.75) is 58.0 Å². The Morgan fingerprint density at radius 3 is 2.93 bits per heavy atom. The van der Waals surface area contributed by atoms with Crippen LogP contribution in [0, 0.1) is 0 Å². The van der Waals surface area contributed by atoms with E-state index in [2.05, 4.69) is 24.3 Å². The van der Waals surface area contributed by atoms with Crippen LogP contribution in [0.2, 0.25) is 0 Å². The molecule has 7 nitrogen and oxygen atoms in total. The summed E-state index contributed by atoms with van der Waals surface area (Å²) in [5.41, 5.74) is 1.98. The maximum absolute atomic E-state index is 12.9. The van der Waals surface area contributed by atoms with Gasteiger partial charge in [0, 0.05) is 24.1 Å². The molecule has 2 aliphatic rings. The summed E-state index contributed by atoms with van der Waals surface area (Å²) in [6.45, 7) is 6.44. The van der Waals surface area contributed by atoms with E-state index >= 15 is 0 Å². The minimum absolute atomic E-state index is 0.0125. The highest BCUT2D eigenvalue weighted by Crippen LogP contribution is 2.42. The van der Waals surface area contributed by atoms with E-state index in [9.17, 15) is 4.79 Å². The maximum Gasteiger partial charge on any atom is 0.318 e. The van der Waals surface area contributed by atoms with Gasteiger partial charge in [0.15, 0.2) is 17.3 Å². The smallest absolute Gasteiger partial charge is 0.318 e. The first-order valence-corrected chi connectivity index (χ1v) is 10.6. The number of carbonyl (C=O) groups is 1. The molecule has 2 aromatic rings. The summed E-state index contributed by atoms with van der Waals surface area (Å²) in [5.74, 6) is 2.62. The van der Waals surface area contributed by atoms with Crippen molar-refractivity contribution in [1.82, 2.24) is 15.4 Å². The fraction of sp³-hybridized carbons (Fsp3) is 0.545. The minimum Gasteiger partial charge on any atom is -0.486 e. The Kier molecular flexibility index (Phi) is 5.92. The van der Waals surface area contributed by atoms with Crippen LogP contribution in [0.5, 0.6) is 11.5 Å². The third-order valence-electron chi connectivity index (χ3n) is 5.86. The summed E-state index contributed by atoms with van der Waals surface area (Å²) in [6, 6.07) is 7.76. The highest BCUT2D eigenvalue weighted by molar-refractivity contribution is 5.75. The minimum atomic E-state index is -0.0951. The van der Waals surface area contributed by atoms with Gasteiger partial charge in [0.2, 0.25) is 0 Å². The molecular formula is C22H29N3O4. The van der Waals surface area contributed by atoms with Gasteiger partial charge in [-0.2, -0.15) is 0 Å². The summed E-state index contributed by atoms with van der Waals surface area (Å²) in [7, 11) is 0. The number of fused-ring (bicyclic) bond motifs is 1. The largest absolute Gasteiger partial charge is 0.486 e. The van der Waals surface area contributed by atoms with Gasteiger partial charge >= 0.3 is 6.03 Å². The third-order valence-corrected chi connectivity index (χ3v) is 5.86. The van der Waals surface area contributed by atoms with Crippen LogP contribution >= 0.6 is 0 Å². The standard InChI is InChI=1S/C22H29N3O4/c1-3-15(4-2)18-13-16(29-24-18)14-23-22(26)25-10-6-8-19(25)17-7-5-9-20-21(17)28-12-11-27-20/h5,7,9,13,15,19H,3-4,6,8,10-12,14H2,1-2H3,(H,23,26). The highest BCUT2D eigenvalue weighted by Gasteiger charge is 2.33. The quantitative estimate of drug-likeness (QED) is 0.779. The van der Waals surface area contributed by atoms with Gasteiger partial charge in [-0.15, -0.1) is 0 Å². The van der Waals surface area contributed by atoms with E-state index in [-0.39, 0.29) is 12.1 Å². The first-order chi connectivity index (χ1) is 14.2. The zero-order chi connectivity index (χ0) is 20.2. The van der Waals surface area contributed by atoms with Gasteiger partial charge < -0.3 is 24.2 Å². The van der Waals surface area contributed by atoms with Crippen molar-refractivity contribution in [2.24, 2.45) is 0 Å². The first kappa shape index (κ1) is 19.6. The molecule has 2 amide bonds. The van der Waals surface area contributed by atoms with Gasteiger partial charge in [-0.05, 0) is 31.7 Å². The van der Waals surface area contributed by atoms with Gasteiger partial charge in [-0.25, -0.2) is 4.79 Å². The van der Waals surface area contributed by atoms with Crippen LogP contribution in [-0.4, -0.2) is 35.8 Å². The van der Waals surface area contributed by atoms with E-state index in [1.54, 1.807) is 0 Å². The lowest BCUT2D eigenvalue weighted by Crippen LogP contribution is -2.39. The van der Waals surface area contributed by atoms with E-state index in [1.165, 1.54) is 0 Å². The Morgan fingerprint density at radius 2 is 2.10 bits per heavy atom. The number of ether oxygens (including phenoxy) is 2. The number of para-hydroxylation sites is 1. The van der Waals surface area contributed by atoms with Crippen LogP contribution < -0.4 is 14.8 Å². The molecule has 29 heavy (non-hydrogen) atoms. The zero-order valence-electron chi connectivity index (χ0n) is 17.1. The number of hydrogen-bond donors (Lipinski definition) is 1. The molecule has 0 aliphatic carbocycles. The summed E-state index contributed by atoms with van der Waals surface area (Å²) >= 11 is 0. The van der Waals surface area contributed by atoms with Crippen molar-refractivity contribution in [2.75, 3.05) is 19.8 Å². The summed E-state index contributed by atoms with van der Waals surface area (Å²) in [4.78, 5) is 14.8. The molecule has 7 heteroatoms. The second-order valence-electron chi connectivity index (χ2n) is 7.61. The van der Waals surface area contributed by atoms with Crippen molar-refractivity contribution in [3.05, 3.63) is 41.3 Å². The number of nitrogens with zero attached hydrogens (tertiary/aromatic N) is 2. The molecule has 0 saturated carbocycles. The van der Waals surface area contributed by atoms with E-state index < -0.39 is 0 Å². The summed E-state index contributed by atoms with van der Waals surface area (Å²) in [5, 5.41) is 7.16. The summed E-state index contributed by atoms with van der Waals surface area (Å²) < 4.78 is 17.0. The number of carbonyl (C=O) groups excluding carboxylic acids is 1. The van der Waals surface area contributed by atoms with Crippen molar-refractivity contribution in [3.63, 3.8) is 0 Å². The SMILES string of the molecule is CCC(CC)c1cc(CNC(=O)N2CCCC2c2cccc3c2OCCO3)on1. The molecule has 0 spiro atoms. The van der Waals surface area contributed by atoms with Gasteiger partial charge in [0.25, 0.3) is 0 Å². The molecule has 1 aromatic heterocycles. The molecule has 1 fully saturated rings. The Morgan fingerprint density at radius 1 is 1.28 bits per heavy atom. The average molecular weight is 399 g/mol. The second-order valence-corrected chi connectivity index (χ2v) is 7.61. The topological polar surface area (TPSA) is 76.8 Å². The Bertz CT molecular complexity index is 846. The molecule has 4 rings (SSSR count). The number of amides is 2. The Labute approximate surface area is 171 Å². The number of hydrogen-bond acceptors (Lipinski definition) is 5. The molecule has 1 unspecified atom stereocenters. The number of aromatic nitrogens is 1. The normalized spacial score (nSPS) is 18.3. The molecular weight excluding hydrogens is 370 g/mol. The number of nitrogens with one attached hydrogen (secondary N) is 1. The predicted octanol–water partition coefficient (Wildman–Crippen LogP) is 4.40. The molecule has 156 valence electrons. The van der Waals surface area contributed by atoms with E-state index in [4.69, 9.17) is 14.0 Å². The van der Waals surface area contributed by atoms with E-state index in [0.717, 1.165) is 55.0 Å². The Balaban J connectivity index is 1.43. The molecule has 1 saturated heterocycles. The number of likely N-dealkylation sites (tertiary alicyclic amines) is 1. The van der Waals surface area contributed by atoms with Gasteiger partial charge in [0.05, 0.1) is 18.3 Å². The van der Waals surface area contributed by atoms with Crippen molar-refractivity contribution in [3.8, 4) is 11.5 Å². The van der Waals surface area contributed by atoms with Crippen molar-refractivity contribution in [1.29, 1.82) is 0 Å². The number of benzene rings is 1. The maximum atomic E-state index is 12.9. The van der Waals surface area contributed by atoms with Crippen LogP contribution in [0.4, 0.5) is 4.79 Å². The second kappa shape index (κ2) is 8.76. The fourth-order valence-electron chi connectivity index (χ4n) is 4.27. The third kappa shape index (κ3) is 4.04. The Hall–Kier alpha value is -2.70. The molecule has 1 aromatic carbocycles. The van der Waals surface area contributed by atoms with Crippen LogP contribution in [0.25, 0.3) is 0 Å². The van der Waals surface area contributed by atoms with Crippen molar-refractivity contribution >= 4 is 6.03 Å². The monoisotopic (exact) mass is 399 g/mol. The lowest BCUT2D eigenvalue weighted by Gasteiger charge is -2.29. The van der Waals surface area contributed by atoms with Crippen molar-refractivity contribution < 1.29 is 18.8 Å². The predicted molar refractivity (Wildman–Crippen MR) is 108 cm³/mol. The van der Waals surface area contributed by atoms with Crippen LogP contribution in [0.1, 0.15) is 68.5 Å². The van der Waals surface area contributed by atoms with Gasteiger partial charge in [0.1, 0.15) is 13.2 Å². The van der Waals surface area contributed by atoms with Crippen LogP contribution in [0.15, 0.2) is 28.8 Å². The van der Waals surface area contributed by atoms with Crippen LogP contribution in [0.3, 0.4) is 0 Å². The summed E-state index contributed by atoms with van der Waals surface area (Å²) in [6.07, 6.45) is 3.92. The van der Waals surface area contributed by atoms with E-state index in [0.29, 0.717) is 31.4 Å². The average Bonchev–Trinajstić information content (AvgIpc) is 3.42. The highest BCUT2D eigenvalue weighted by atomic mass is 16.6. The van der Waals surface area contributed by atoms with Gasteiger partial charge in [-0.1, -0.05) is 31.1 Å². The molecule has 2 aliphatic heterocycles.